The zero-order valence-corrected chi connectivity index (χ0v) is 28.1. The summed E-state index contributed by atoms with van der Waals surface area (Å²) in [6.45, 7) is 13.1. The van der Waals surface area contributed by atoms with Crippen LogP contribution in [0.2, 0.25) is 0 Å². The fourth-order valence-corrected chi connectivity index (χ4v) is 7.49. The number of fused-ring (bicyclic) bond motifs is 3. The van der Waals surface area contributed by atoms with Gasteiger partial charge in [0.25, 0.3) is 0 Å². The molecule has 0 aliphatic heterocycles. The van der Waals surface area contributed by atoms with E-state index in [9.17, 15) is 0 Å². The minimum atomic E-state index is 0.489. The van der Waals surface area contributed by atoms with Gasteiger partial charge in [-0.2, -0.15) is 0 Å². The normalized spacial score (nSPS) is 11.5. The van der Waals surface area contributed by atoms with Crippen molar-refractivity contribution < 1.29 is 8.83 Å². The number of hydrogen-bond donors (Lipinski definition) is 0. The van der Waals surface area contributed by atoms with Crippen molar-refractivity contribution in [2.45, 2.75) is 41.5 Å². The third-order valence-electron chi connectivity index (χ3n) is 9.39. The van der Waals surface area contributed by atoms with Crippen LogP contribution < -0.4 is 0 Å². The molecule has 0 radical (unpaired) electrons. The van der Waals surface area contributed by atoms with Gasteiger partial charge < -0.3 is 8.83 Å². The summed E-state index contributed by atoms with van der Waals surface area (Å²) in [6, 6.07) is 38.4. The first kappa shape index (κ1) is 29.6. The molecule has 0 aliphatic carbocycles. The van der Waals surface area contributed by atoms with E-state index in [1.807, 2.05) is 42.5 Å². The monoisotopic (exact) mass is 624 g/mol. The maximum absolute atomic E-state index is 6.71. The predicted molar refractivity (Wildman–Crippen MR) is 197 cm³/mol. The SMILES string of the molecule is Cc1cc(C)c(-c2ccc3oc4c(-c5ccc(-c6nnc(-c7ccccc7)o6)cc5)cc(-c5c(C)cc(C)cc5C)cc4c3c2)c(C)c1. The van der Waals surface area contributed by atoms with E-state index in [1.165, 1.54) is 55.6 Å². The molecule has 4 heteroatoms. The minimum Gasteiger partial charge on any atom is -0.455 e. The molecule has 2 heterocycles. The smallest absolute Gasteiger partial charge is 0.248 e. The van der Waals surface area contributed by atoms with Crippen molar-refractivity contribution in [1.82, 2.24) is 10.2 Å². The first-order valence-electron chi connectivity index (χ1n) is 16.4. The molecule has 0 bridgehead atoms. The van der Waals surface area contributed by atoms with Gasteiger partial charge in [0, 0.05) is 27.5 Å². The molecule has 0 unspecified atom stereocenters. The van der Waals surface area contributed by atoms with Crippen molar-refractivity contribution in [2.75, 3.05) is 0 Å². The van der Waals surface area contributed by atoms with Gasteiger partial charge in [0.15, 0.2) is 0 Å². The molecule has 6 aromatic carbocycles. The minimum absolute atomic E-state index is 0.489. The largest absolute Gasteiger partial charge is 0.455 e. The molecule has 0 fully saturated rings. The second-order valence-corrected chi connectivity index (χ2v) is 13.1. The molecule has 4 nitrogen and oxygen atoms in total. The third-order valence-corrected chi connectivity index (χ3v) is 9.39. The molecule has 0 N–H and O–H groups in total. The lowest BCUT2D eigenvalue weighted by molar-refractivity contribution is 0.584. The Hall–Kier alpha value is -5.74. The van der Waals surface area contributed by atoms with Crippen LogP contribution in [-0.2, 0) is 0 Å². The molecular formula is C44H36N2O2. The van der Waals surface area contributed by atoms with Crippen LogP contribution in [0.3, 0.4) is 0 Å². The van der Waals surface area contributed by atoms with Gasteiger partial charge in [-0.3, -0.25) is 0 Å². The molecule has 0 aliphatic rings. The summed E-state index contributed by atoms with van der Waals surface area (Å²) < 4.78 is 12.8. The second kappa shape index (κ2) is 11.5. The van der Waals surface area contributed by atoms with Crippen LogP contribution in [0.15, 0.2) is 118 Å². The van der Waals surface area contributed by atoms with Crippen molar-refractivity contribution in [3.05, 3.63) is 143 Å². The quantitative estimate of drug-likeness (QED) is 0.191. The first-order valence-corrected chi connectivity index (χ1v) is 16.4. The highest BCUT2D eigenvalue weighted by Crippen LogP contribution is 2.43. The van der Waals surface area contributed by atoms with E-state index in [1.54, 1.807) is 0 Å². The van der Waals surface area contributed by atoms with Crippen LogP contribution in [0.25, 0.3) is 78.2 Å². The highest BCUT2D eigenvalue weighted by Gasteiger charge is 2.19. The van der Waals surface area contributed by atoms with Crippen LogP contribution in [0.5, 0.6) is 0 Å². The average molecular weight is 625 g/mol. The van der Waals surface area contributed by atoms with Gasteiger partial charge in [-0.05, 0) is 140 Å². The van der Waals surface area contributed by atoms with Gasteiger partial charge in [0.1, 0.15) is 11.2 Å². The van der Waals surface area contributed by atoms with Crippen molar-refractivity contribution in [2.24, 2.45) is 0 Å². The highest BCUT2D eigenvalue weighted by atomic mass is 16.4. The summed E-state index contributed by atoms with van der Waals surface area (Å²) in [5.41, 5.74) is 18.2. The van der Waals surface area contributed by atoms with E-state index < -0.39 is 0 Å². The molecule has 234 valence electrons. The number of rotatable bonds is 5. The third kappa shape index (κ3) is 5.10. The highest BCUT2D eigenvalue weighted by molar-refractivity contribution is 6.12. The number of furan rings is 1. The molecule has 48 heavy (non-hydrogen) atoms. The predicted octanol–water partition coefficient (Wildman–Crippen LogP) is 12.2. The van der Waals surface area contributed by atoms with Crippen LogP contribution in [0.1, 0.15) is 33.4 Å². The Morgan fingerprint density at radius 1 is 0.417 bits per heavy atom. The molecule has 0 saturated carbocycles. The molecule has 0 saturated heterocycles. The van der Waals surface area contributed by atoms with E-state index in [0.29, 0.717) is 11.8 Å². The Morgan fingerprint density at radius 3 is 1.52 bits per heavy atom. The summed E-state index contributed by atoms with van der Waals surface area (Å²) in [4.78, 5) is 0. The van der Waals surface area contributed by atoms with Crippen molar-refractivity contribution in [3.8, 4) is 56.3 Å². The van der Waals surface area contributed by atoms with Gasteiger partial charge >= 0.3 is 0 Å². The number of benzene rings is 6. The molecule has 0 amide bonds. The lowest BCUT2D eigenvalue weighted by Gasteiger charge is -2.14. The lowest BCUT2D eigenvalue weighted by Crippen LogP contribution is -1.92. The average Bonchev–Trinajstić information content (AvgIpc) is 3.70. The molecule has 0 atom stereocenters. The Labute approximate surface area is 280 Å². The van der Waals surface area contributed by atoms with E-state index >= 15 is 0 Å². The van der Waals surface area contributed by atoms with Crippen LogP contribution in [-0.4, -0.2) is 10.2 Å². The number of aryl methyl sites for hydroxylation is 6. The maximum Gasteiger partial charge on any atom is 0.248 e. The lowest BCUT2D eigenvalue weighted by atomic mass is 9.89. The van der Waals surface area contributed by atoms with E-state index in [4.69, 9.17) is 8.83 Å². The summed E-state index contributed by atoms with van der Waals surface area (Å²) >= 11 is 0. The first-order chi connectivity index (χ1) is 23.2. The van der Waals surface area contributed by atoms with Crippen molar-refractivity contribution in [1.29, 1.82) is 0 Å². The van der Waals surface area contributed by atoms with Gasteiger partial charge in [0.05, 0.1) is 0 Å². The van der Waals surface area contributed by atoms with Gasteiger partial charge in [-0.1, -0.05) is 71.8 Å². The Bertz CT molecular complexity index is 2450. The van der Waals surface area contributed by atoms with Crippen LogP contribution in [0, 0.1) is 41.5 Å². The maximum atomic E-state index is 6.71. The molecular weight excluding hydrogens is 588 g/mol. The summed E-state index contributed by atoms with van der Waals surface area (Å²) in [5.74, 6) is 0.994. The fourth-order valence-electron chi connectivity index (χ4n) is 7.49. The van der Waals surface area contributed by atoms with Crippen LogP contribution in [0.4, 0.5) is 0 Å². The number of nitrogens with zero attached hydrogens (tertiary/aromatic N) is 2. The number of hydrogen-bond acceptors (Lipinski definition) is 4. The van der Waals surface area contributed by atoms with E-state index in [0.717, 1.165) is 44.2 Å². The Morgan fingerprint density at radius 2 is 0.917 bits per heavy atom. The molecule has 0 spiro atoms. The summed E-state index contributed by atoms with van der Waals surface area (Å²) in [5, 5.41) is 10.8. The molecule has 8 rings (SSSR count). The fraction of sp³-hybridized carbons (Fsp3) is 0.136. The standard InChI is InChI=1S/C44H36N2O2/c1-25-18-27(3)40(28(4)19-25)34-16-17-39-37(22-34)38-24-35(41-29(5)20-26(2)21-30(41)6)23-36(42(38)47-39)31-12-14-33(15-13-31)44-46-45-43(48-44)32-10-8-7-9-11-32/h7-24H,1-6H3. The molecule has 8 aromatic rings. The second-order valence-electron chi connectivity index (χ2n) is 13.1. The van der Waals surface area contributed by atoms with Gasteiger partial charge in [0.2, 0.25) is 11.8 Å². The zero-order chi connectivity index (χ0) is 33.1. The summed E-state index contributed by atoms with van der Waals surface area (Å²) in [6.07, 6.45) is 0. The van der Waals surface area contributed by atoms with Crippen molar-refractivity contribution >= 4 is 21.9 Å². The summed E-state index contributed by atoms with van der Waals surface area (Å²) in [7, 11) is 0. The van der Waals surface area contributed by atoms with Crippen LogP contribution >= 0.6 is 0 Å². The van der Waals surface area contributed by atoms with Gasteiger partial charge in [-0.25, -0.2) is 0 Å². The molecule has 2 aromatic heterocycles. The van der Waals surface area contributed by atoms with Crippen molar-refractivity contribution in [3.63, 3.8) is 0 Å². The zero-order valence-electron chi connectivity index (χ0n) is 28.1. The Balaban J connectivity index is 1.30. The van der Waals surface area contributed by atoms with E-state index in [2.05, 4.69) is 118 Å². The van der Waals surface area contributed by atoms with Gasteiger partial charge in [-0.15, -0.1) is 10.2 Å². The number of aromatic nitrogens is 2. The topological polar surface area (TPSA) is 52.1 Å². The van der Waals surface area contributed by atoms with E-state index in [-0.39, 0.29) is 0 Å². The Kier molecular flexibility index (Phi) is 7.10.